The van der Waals surface area contributed by atoms with E-state index in [0.29, 0.717) is 17.1 Å². The molecular weight excluding hydrogens is 464 g/mol. The molecule has 37 heavy (non-hydrogen) atoms. The summed E-state index contributed by atoms with van der Waals surface area (Å²) in [7, 11) is 1.83. The quantitative estimate of drug-likeness (QED) is 0.330. The van der Waals surface area contributed by atoms with Gasteiger partial charge in [-0.15, -0.1) is 0 Å². The molecular formula is C29H26N6O2. The van der Waals surface area contributed by atoms with Crippen molar-refractivity contribution in [2.45, 2.75) is 12.8 Å². The van der Waals surface area contributed by atoms with Gasteiger partial charge in [-0.05, 0) is 60.9 Å². The van der Waals surface area contributed by atoms with Gasteiger partial charge in [-0.1, -0.05) is 24.3 Å². The highest BCUT2D eigenvalue weighted by Gasteiger charge is 2.18. The Balaban J connectivity index is 1.26. The van der Waals surface area contributed by atoms with Crippen LogP contribution in [-0.2, 0) is 7.05 Å². The minimum Gasteiger partial charge on any atom is -0.456 e. The second-order valence-corrected chi connectivity index (χ2v) is 9.08. The second kappa shape index (κ2) is 9.73. The number of para-hydroxylation sites is 1. The van der Waals surface area contributed by atoms with E-state index in [-0.39, 0.29) is 5.91 Å². The van der Waals surface area contributed by atoms with Gasteiger partial charge in [0.05, 0.1) is 23.6 Å². The molecule has 1 aliphatic heterocycles. The van der Waals surface area contributed by atoms with E-state index in [1.165, 1.54) is 12.8 Å². The number of ether oxygens (including phenoxy) is 1. The van der Waals surface area contributed by atoms with Gasteiger partial charge in [0.2, 0.25) is 0 Å². The van der Waals surface area contributed by atoms with Gasteiger partial charge in [-0.3, -0.25) is 14.5 Å². The molecule has 1 N–H and O–H groups in total. The van der Waals surface area contributed by atoms with Crippen LogP contribution in [0.3, 0.4) is 0 Å². The van der Waals surface area contributed by atoms with Crippen molar-refractivity contribution in [2.75, 3.05) is 23.3 Å². The Labute approximate surface area is 214 Å². The van der Waals surface area contributed by atoms with Crippen molar-refractivity contribution in [3.05, 3.63) is 91.0 Å². The van der Waals surface area contributed by atoms with E-state index in [9.17, 15) is 4.79 Å². The fraction of sp³-hybridized carbons (Fsp3) is 0.172. The van der Waals surface area contributed by atoms with Gasteiger partial charge in [0, 0.05) is 37.3 Å². The Hall–Kier alpha value is -4.72. The monoisotopic (exact) mass is 490 g/mol. The van der Waals surface area contributed by atoms with Gasteiger partial charge in [-0.25, -0.2) is 4.98 Å². The Morgan fingerprint density at radius 1 is 0.892 bits per heavy atom. The molecule has 0 saturated carbocycles. The highest BCUT2D eigenvalue weighted by molar-refractivity contribution is 6.11. The molecule has 0 radical (unpaired) electrons. The van der Waals surface area contributed by atoms with Gasteiger partial charge >= 0.3 is 0 Å². The summed E-state index contributed by atoms with van der Waals surface area (Å²) in [5, 5.41) is 8.22. The number of nitrogens with zero attached hydrogens (tertiary/aromatic N) is 5. The maximum Gasteiger partial charge on any atom is 0.276 e. The molecule has 6 rings (SSSR count). The smallest absolute Gasteiger partial charge is 0.276 e. The van der Waals surface area contributed by atoms with Crippen LogP contribution in [-0.4, -0.2) is 38.7 Å². The standard InChI is InChI=1S/C29H26N6O2/c1-34-26-11-9-20(21-15-24(19-30-17-21)37-23-7-3-2-4-8-23)16-25(26)28(33-34)29(36)32-22-10-12-27(31-18-22)35-13-5-6-14-35/h2-4,7-12,15-19H,5-6,13-14H2,1H3,(H,32,36). The van der Waals surface area contributed by atoms with Crippen LogP contribution in [0.1, 0.15) is 23.3 Å². The summed E-state index contributed by atoms with van der Waals surface area (Å²) < 4.78 is 7.67. The maximum atomic E-state index is 13.2. The lowest BCUT2D eigenvalue weighted by molar-refractivity contribution is 0.102. The minimum absolute atomic E-state index is 0.280. The molecule has 0 atom stereocenters. The van der Waals surface area contributed by atoms with Crippen molar-refractivity contribution in [1.82, 2.24) is 19.7 Å². The van der Waals surface area contributed by atoms with E-state index >= 15 is 0 Å². The van der Waals surface area contributed by atoms with E-state index in [4.69, 9.17) is 4.74 Å². The lowest BCUT2D eigenvalue weighted by atomic mass is 10.0. The Bertz CT molecular complexity index is 1560. The lowest BCUT2D eigenvalue weighted by Gasteiger charge is -2.16. The van der Waals surface area contributed by atoms with Crippen LogP contribution in [0.5, 0.6) is 11.5 Å². The van der Waals surface area contributed by atoms with Gasteiger partial charge in [0.1, 0.15) is 17.3 Å². The molecule has 184 valence electrons. The van der Waals surface area contributed by atoms with E-state index in [1.807, 2.05) is 73.8 Å². The number of nitrogens with one attached hydrogen (secondary N) is 1. The normalized spacial score (nSPS) is 13.2. The second-order valence-electron chi connectivity index (χ2n) is 9.08. The summed E-state index contributed by atoms with van der Waals surface area (Å²) >= 11 is 0. The maximum absolute atomic E-state index is 13.2. The van der Waals surface area contributed by atoms with E-state index in [1.54, 1.807) is 23.3 Å². The van der Waals surface area contributed by atoms with Crippen LogP contribution in [0.15, 0.2) is 85.3 Å². The predicted molar refractivity (Wildman–Crippen MR) is 144 cm³/mol. The topological polar surface area (TPSA) is 85.2 Å². The van der Waals surface area contributed by atoms with Crippen molar-refractivity contribution in [3.63, 3.8) is 0 Å². The van der Waals surface area contributed by atoms with Gasteiger partial charge < -0.3 is 15.0 Å². The molecule has 0 spiro atoms. The number of carbonyl (C=O) groups is 1. The van der Waals surface area contributed by atoms with E-state index < -0.39 is 0 Å². The number of hydrogen-bond acceptors (Lipinski definition) is 6. The van der Waals surface area contributed by atoms with Crippen molar-refractivity contribution >= 4 is 28.3 Å². The summed E-state index contributed by atoms with van der Waals surface area (Å²) in [4.78, 5) is 24.4. The fourth-order valence-corrected chi connectivity index (χ4v) is 4.65. The average Bonchev–Trinajstić information content (AvgIpc) is 3.58. The molecule has 2 aromatic carbocycles. The first-order valence-electron chi connectivity index (χ1n) is 12.3. The number of rotatable bonds is 6. The zero-order valence-electron chi connectivity index (χ0n) is 20.5. The number of pyridine rings is 2. The molecule has 8 nitrogen and oxygen atoms in total. The molecule has 1 aliphatic rings. The highest BCUT2D eigenvalue weighted by atomic mass is 16.5. The number of amides is 1. The molecule has 5 aromatic rings. The molecule has 3 aromatic heterocycles. The molecule has 1 fully saturated rings. The number of aryl methyl sites for hydroxylation is 1. The molecule has 1 amide bonds. The largest absolute Gasteiger partial charge is 0.456 e. The fourth-order valence-electron chi connectivity index (χ4n) is 4.65. The molecule has 0 aliphatic carbocycles. The van der Waals surface area contributed by atoms with Crippen LogP contribution in [0.4, 0.5) is 11.5 Å². The molecule has 8 heteroatoms. The molecule has 1 saturated heterocycles. The van der Waals surface area contributed by atoms with Crippen LogP contribution < -0.4 is 15.0 Å². The van der Waals surface area contributed by atoms with Crippen molar-refractivity contribution in [2.24, 2.45) is 7.05 Å². The molecule has 0 bridgehead atoms. The third kappa shape index (κ3) is 4.73. The Morgan fingerprint density at radius 2 is 1.73 bits per heavy atom. The zero-order chi connectivity index (χ0) is 25.2. The van der Waals surface area contributed by atoms with Gasteiger partial charge in [0.15, 0.2) is 5.69 Å². The lowest BCUT2D eigenvalue weighted by Crippen LogP contribution is -2.19. The number of carbonyl (C=O) groups excluding carboxylic acids is 1. The van der Waals surface area contributed by atoms with Crippen molar-refractivity contribution in [3.8, 4) is 22.6 Å². The predicted octanol–water partition coefficient (Wildman–Crippen LogP) is 5.68. The third-order valence-electron chi connectivity index (χ3n) is 6.53. The highest BCUT2D eigenvalue weighted by Crippen LogP contribution is 2.30. The van der Waals surface area contributed by atoms with Crippen molar-refractivity contribution < 1.29 is 9.53 Å². The van der Waals surface area contributed by atoms with Crippen molar-refractivity contribution in [1.29, 1.82) is 0 Å². The first-order chi connectivity index (χ1) is 18.1. The average molecular weight is 491 g/mol. The van der Waals surface area contributed by atoms with Crippen LogP contribution in [0, 0.1) is 0 Å². The summed E-state index contributed by atoms with van der Waals surface area (Å²) in [5.41, 5.74) is 3.65. The summed E-state index contributed by atoms with van der Waals surface area (Å²) in [6, 6.07) is 21.3. The number of fused-ring (bicyclic) bond motifs is 1. The number of hydrogen-bond donors (Lipinski definition) is 1. The van der Waals surface area contributed by atoms with E-state index in [2.05, 4.69) is 25.3 Å². The molecule has 0 unspecified atom stereocenters. The number of aromatic nitrogens is 4. The first kappa shape index (κ1) is 22.7. The zero-order valence-corrected chi connectivity index (χ0v) is 20.5. The summed E-state index contributed by atoms with van der Waals surface area (Å²) in [6.07, 6.45) is 7.54. The minimum atomic E-state index is -0.280. The number of benzene rings is 2. The first-order valence-corrected chi connectivity index (χ1v) is 12.3. The number of anilines is 2. The Morgan fingerprint density at radius 3 is 2.51 bits per heavy atom. The van der Waals surface area contributed by atoms with Gasteiger partial charge in [0.25, 0.3) is 5.91 Å². The van der Waals surface area contributed by atoms with Crippen LogP contribution in [0.25, 0.3) is 22.0 Å². The van der Waals surface area contributed by atoms with Gasteiger partial charge in [-0.2, -0.15) is 5.10 Å². The SMILES string of the molecule is Cn1nc(C(=O)Nc2ccc(N3CCCC3)nc2)c2cc(-c3cncc(Oc4ccccc4)c3)ccc21. The summed E-state index contributed by atoms with van der Waals surface area (Å²) in [6.45, 7) is 2.05. The van der Waals surface area contributed by atoms with Crippen LogP contribution in [0.2, 0.25) is 0 Å². The third-order valence-corrected chi connectivity index (χ3v) is 6.53. The summed E-state index contributed by atoms with van der Waals surface area (Å²) in [5.74, 6) is 2.04. The Kier molecular flexibility index (Phi) is 5.98. The van der Waals surface area contributed by atoms with Crippen LogP contribution >= 0.6 is 0 Å². The van der Waals surface area contributed by atoms with E-state index in [0.717, 1.165) is 46.7 Å². The molecule has 4 heterocycles.